The van der Waals surface area contributed by atoms with E-state index in [1.165, 1.54) is 30.6 Å². The minimum Gasteiger partial charge on any atom is -0.294 e. The van der Waals surface area contributed by atoms with Gasteiger partial charge in [-0.1, -0.05) is 18.2 Å². The van der Waals surface area contributed by atoms with Crippen molar-refractivity contribution in [2.75, 3.05) is 5.88 Å². The number of benzene rings is 1. The summed E-state index contributed by atoms with van der Waals surface area (Å²) in [7, 11) is -3.63. The van der Waals surface area contributed by atoms with Crippen molar-refractivity contribution in [1.29, 1.82) is 0 Å². The van der Waals surface area contributed by atoms with Gasteiger partial charge in [0.25, 0.3) is 10.0 Å². The molecule has 0 radical (unpaired) electrons. The summed E-state index contributed by atoms with van der Waals surface area (Å²) in [6.07, 6.45) is 4.62. The highest BCUT2D eigenvalue weighted by Crippen LogP contribution is 2.16. The summed E-state index contributed by atoms with van der Waals surface area (Å²) in [5.74, 6) is 0.457. The zero-order chi connectivity index (χ0) is 15.3. The highest BCUT2D eigenvalue weighted by molar-refractivity contribution is 7.90. The number of carbonyl (C=O) groups is 1. The summed E-state index contributed by atoms with van der Waals surface area (Å²) in [5.41, 5.74) is 0.407. The Morgan fingerprint density at radius 1 is 1.10 bits per heavy atom. The first-order valence-corrected chi connectivity index (χ1v) is 8.61. The molecule has 0 fully saturated rings. The molecule has 1 aromatic heterocycles. The molecule has 1 aromatic carbocycles. The fourth-order valence-corrected chi connectivity index (χ4v) is 3.34. The van der Waals surface area contributed by atoms with Crippen LogP contribution in [0.25, 0.3) is 0 Å². The molecule has 6 heteroatoms. The van der Waals surface area contributed by atoms with E-state index in [-0.39, 0.29) is 10.7 Å². The number of hydrogen-bond donors (Lipinski definition) is 0. The molecular formula is C15H16ClNO3S. The second kappa shape index (κ2) is 6.91. The van der Waals surface area contributed by atoms with Crippen molar-refractivity contribution in [3.63, 3.8) is 0 Å². The lowest BCUT2D eigenvalue weighted by Crippen LogP contribution is -2.11. The van der Waals surface area contributed by atoms with Crippen molar-refractivity contribution in [3.05, 3.63) is 54.4 Å². The number of hydrogen-bond acceptors (Lipinski definition) is 3. The molecule has 0 N–H and O–H groups in total. The van der Waals surface area contributed by atoms with E-state index in [0.717, 1.165) is 10.4 Å². The Labute approximate surface area is 129 Å². The van der Waals surface area contributed by atoms with Crippen LogP contribution in [0.3, 0.4) is 0 Å². The van der Waals surface area contributed by atoms with Crippen LogP contribution in [0.5, 0.6) is 0 Å². The van der Waals surface area contributed by atoms with Crippen molar-refractivity contribution >= 4 is 27.4 Å². The van der Waals surface area contributed by atoms with Gasteiger partial charge in [-0.05, 0) is 31.0 Å². The van der Waals surface area contributed by atoms with Crippen LogP contribution in [0.15, 0.2) is 53.7 Å². The predicted molar refractivity (Wildman–Crippen MR) is 82.4 cm³/mol. The number of nitrogens with zero attached hydrogens (tertiary/aromatic N) is 1. The van der Waals surface area contributed by atoms with Crippen molar-refractivity contribution in [2.45, 2.75) is 24.2 Å². The maximum absolute atomic E-state index is 12.4. The van der Waals surface area contributed by atoms with Gasteiger partial charge in [0, 0.05) is 30.3 Å². The average Bonchev–Trinajstić information content (AvgIpc) is 2.99. The van der Waals surface area contributed by atoms with Crippen LogP contribution in [-0.4, -0.2) is 24.1 Å². The quantitative estimate of drug-likeness (QED) is 0.446. The standard InChI is InChI=1S/C15H16ClNO3S/c16-10-5-4-8-15(18)13-9-11-17(12-13)21(19,20)14-6-2-1-3-7-14/h1-3,6-7,9,11-12H,4-5,8,10H2. The number of rotatable bonds is 7. The van der Waals surface area contributed by atoms with Crippen LogP contribution in [0.2, 0.25) is 0 Å². The first-order valence-electron chi connectivity index (χ1n) is 6.63. The van der Waals surface area contributed by atoms with Crippen LogP contribution in [-0.2, 0) is 10.0 Å². The number of unbranched alkanes of at least 4 members (excludes halogenated alkanes) is 1. The lowest BCUT2D eigenvalue weighted by molar-refractivity contribution is 0.0980. The second-order valence-corrected chi connectivity index (χ2v) is 6.84. The number of carbonyl (C=O) groups excluding carboxylic acids is 1. The lowest BCUT2D eigenvalue weighted by atomic mass is 10.1. The largest absolute Gasteiger partial charge is 0.294 e. The number of aromatic nitrogens is 1. The Balaban J connectivity index is 2.18. The molecule has 2 rings (SSSR count). The smallest absolute Gasteiger partial charge is 0.267 e. The number of halogens is 1. The number of alkyl halides is 1. The van der Waals surface area contributed by atoms with Gasteiger partial charge in [-0.25, -0.2) is 12.4 Å². The Kier molecular flexibility index (Phi) is 5.20. The van der Waals surface area contributed by atoms with Crippen LogP contribution < -0.4 is 0 Å². The first-order chi connectivity index (χ1) is 10.1. The van der Waals surface area contributed by atoms with E-state index in [2.05, 4.69) is 0 Å². The molecule has 21 heavy (non-hydrogen) atoms. The zero-order valence-corrected chi connectivity index (χ0v) is 13.0. The van der Waals surface area contributed by atoms with Gasteiger partial charge >= 0.3 is 0 Å². The SMILES string of the molecule is O=C(CCCCCl)c1ccn(S(=O)(=O)c2ccccc2)c1. The summed E-state index contributed by atoms with van der Waals surface area (Å²) in [6, 6.07) is 9.65. The Bertz CT molecular complexity index is 708. The van der Waals surface area contributed by atoms with Crippen molar-refractivity contribution in [2.24, 2.45) is 0 Å². The lowest BCUT2D eigenvalue weighted by Gasteiger charge is -2.04. The summed E-state index contributed by atoms with van der Waals surface area (Å²) in [6.45, 7) is 0. The van der Waals surface area contributed by atoms with Crippen molar-refractivity contribution < 1.29 is 13.2 Å². The summed E-state index contributed by atoms with van der Waals surface area (Å²) >= 11 is 5.57. The van der Waals surface area contributed by atoms with E-state index < -0.39 is 10.0 Å². The molecule has 112 valence electrons. The second-order valence-electron chi connectivity index (χ2n) is 4.62. The predicted octanol–water partition coefficient (Wildman–Crippen LogP) is 3.32. The van der Waals surface area contributed by atoms with Gasteiger partial charge < -0.3 is 0 Å². The van der Waals surface area contributed by atoms with E-state index >= 15 is 0 Å². The van der Waals surface area contributed by atoms with Gasteiger partial charge in [0.05, 0.1) is 4.90 Å². The third-order valence-electron chi connectivity index (χ3n) is 3.10. The molecule has 4 nitrogen and oxygen atoms in total. The monoisotopic (exact) mass is 325 g/mol. The van der Waals surface area contributed by atoms with Crippen LogP contribution in [0.4, 0.5) is 0 Å². The number of Topliss-reactive ketones (excluding diaryl/α,β-unsaturated/α-hetero) is 1. The fraction of sp³-hybridized carbons (Fsp3) is 0.267. The van der Waals surface area contributed by atoms with Gasteiger partial charge in [-0.15, -0.1) is 11.6 Å². The molecule has 0 aliphatic heterocycles. The third-order valence-corrected chi connectivity index (χ3v) is 5.01. The van der Waals surface area contributed by atoms with E-state index in [1.54, 1.807) is 18.2 Å². The fourth-order valence-electron chi connectivity index (χ4n) is 1.93. The summed E-state index contributed by atoms with van der Waals surface area (Å²) in [4.78, 5) is 12.1. The Hall–Kier alpha value is -1.59. The van der Waals surface area contributed by atoms with Gasteiger partial charge in [-0.3, -0.25) is 4.79 Å². The molecule has 0 spiro atoms. The van der Waals surface area contributed by atoms with E-state index in [9.17, 15) is 13.2 Å². The van der Waals surface area contributed by atoms with Gasteiger partial charge in [0.15, 0.2) is 5.78 Å². The highest BCUT2D eigenvalue weighted by Gasteiger charge is 2.17. The Morgan fingerprint density at radius 2 is 1.81 bits per heavy atom. The molecular weight excluding hydrogens is 310 g/mol. The van der Waals surface area contributed by atoms with Gasteiger partial charge in [-0.2, -0.15) is 0 Å². The molecule has 0 aliphatic rings. The molecule has 0 atom stereocenters. The normalized spacial score (nSPS) is 11.5. The zero-order valence-electron chi connectivity index (χ0n) is 11.4. The maximum Gasteiger partial charge on any atom is 0.267 e. The first kappa shape index (κ1) is 15.8. The highest BCUT2D eigenvalue weighted by atomic mass is 35.5. The third kappa shape index (κ3) is 3.74. The molecule has 0 aliphatic carbocycles. The van der Waals surface area contributed by atoms with Crippen LogP contribution >= 0.6 is 11.6 Å². The number of ketones is 1. The minimum absolute atomic E-state index is 0.0675. The molecule has 2 aromatic rings. The molecule has 0 unspecified atom stereocenters. The molecule has 1 heterocycles. The van der Waals surface area contributed by atoms with Gasteiger partial charge in [0.2, 0.25) is 0 Å². The maximum atomic E-state index is 12.4. The summed E-state index contributed by atoms with van der Waals surface area (Å²) in [5, 5.41) is 0. The molecule has 0 saturated heterocycles. The Morgan fingerprint density at radius 3 is 2.48 bits per heavy atom. The molecule has 0 saturated carbocycles. The van der Waals surface area contributed by atoms with Crippen LogP contribution in [0, 0.1) is 0 Å². The van der Waals surface area contributed by atoms with Crippen molar-refractivity contribution in [1.82, 2.24) is 3.97 Å². The average molecular weight is 326 g/mol. The van der Waals surface area contributed by atoms with Crippen LogP contribution in [0.1, 0.15) is 29.6 Å². The van der Waals surface area contributed by atoms with E-state index in [0.29, 0.717) is 24.3 Å². The van der Waals surface area contributed by atoms with E-state index in [4.69, 9.17) is 11.6 Å². The minimum atomic E-state index is -3.63. The van der Waals surface area contributed by atoms with Gasteiger partial charge in [0.1, 0.15) is 0 Å². The molecule has 0 amide bonds. The van der Waals surface area contributed by atoms with E-state index in [1.807, 2.05) is 0 Å². The van der Waals surface area contributed by atoms with Crippen molar-refractivity contribution in [3.8, 4) is 0 Å². The summed E-state index contributed by atoms with van der Waals surface area (Å²) < 4.78 is 25.8. The molecule has 0 bridgehead atoms. The topological polar surface area (TPSA) is 56.1 Å².